The Balaban J connectivity index is 2.28. The van der Waals surface area contributed by atoms with Gasteiger partial charge in [-0.3, -0.25) is 0 Å². The van der Waals surface area contributed by atoms with Crippen molar-refractivity contribution in [2.24, 2.45) is 10.8 Å². The van der Waals surface area contributed by atoms with Crippen LogP contribution in [0.5, 0.6) is 0 Å². The maximum absolute atomic E-state index is 3.78. The quantitative estimate of drug-likeness (QED) is 0.711. The van der Waals surface area contributed by atoms with Gasteiger partial charge in [-0.05, 0) is 54.6 Å². The molecule has 2 heteroatoms. The van der Waals surface area contributed by atoms with E-state index in [0.717, 1.165) is 6.04 Å². The third-order valence-electron chi connectivity index (χ3n) is 3.66. The summed E-state index contributed by atoms with van der Waals surface area (Å²) in [5.74, 6) is 2.56. The van der Waals surface area contributed by atoms with Gasteiger partial charge in [0.2, 0.25) is 0 Å². The van der Waals surface area contributed by atoms with E-state index in [4.69, 9.17) is 0 Å². The second-order valence-electron chi connectivity index (χ2n) is 7.11. The van der Waals surface area contributed by atoms with E-state index in [0.29, 0.717) is 10.8 Å². The van der Waals surface area contributed by atoms with Gasteiger partial charge in [-0.2, -0.15) is 11.8 Å². The monoisotopic (exact) mass is 257 g/mol. The first-order valence-electron chi connectivity index (χ1n) is 7.16. The molecule has 0 atom stereocenters. The summed E-state index contributed by atoms with van der Waals surface area (Å²) >= 11 is 2.05. The smallest absolute Gasteiger partial charge is 0.00772 e. The SMILES string of the molecule is CCSCCCNC1CC(C)(C)CC(C)(C)C1. The summed E-state index contributed by atoms with van der Waals surface area (Å²) in [5.41, 5.74) is 1.02. The van der Waals surface area contributed by atoms with Crippen LogP contribution in [0.2, 0.25) is 0 Å². The second-order valence-corrected chi connectivity index (χ2v) is 8.51. The molecule has 0 aromatic carbocycles. The molecular weight excluding hydrogens is 226 g/mol. The minimum absolute atomic E-state index is 0.511. The number of hydrogen-bond donors (Lipinski definition) is 1. The van der Waals surface area contributed by atoms with Crippen molar-refractivity contribution in [3.63, 3.8) is 0 Å². The lowest BCUT2D eigenvalue weighted by atomic mass is 9.63. The lowest BCUT2D eigenvalue weighted by Crippen LogP contribution is -2.44. The molecule has 1 aliphatic carbocycles. The normalized spacial score (nSPS) is 23.8. The zero-order valence-corrected chi connectivity index (χ0v) is 13.3. The van der Waals surface area contributed by atoms with Gasteiger partial charge >= 0.3 is 0 Å². The molecule has 1 N–H and O–H groups in total. The van der Waals surface area contributed by atoms with E-state index in [1.54, 1.807) is 0 Å². The Kier molecular flexibility index (Phi) is 5.85. The van der Waals surface area contributed by atoms with E-state index >= 15 is 0 Å². The molecule has 0 heterocycles. The Hall–Kier alpha value is 0.310. The highest BCUT2D eigenvalue weighted by Crippen LogP contribution is 2.45. The van der Waals surface area contributed by atoms with Gasteiger partial charge in [0.1, 0.15) is 0 Å². The maximum atomic E-state index is 3.78. The van der Waals surface area contributed by atoms with Crippen LogP contribution in [0, 0.1) is 10.8 Å². The Bertz CT molecular complexity index is 207. The molecule has 0 aromatic heterocycles. The molecule has 0 aromatic rings. The van der Waals surface area contributed by atoms with Crippen molar-refractivity contribution in [2.45, 2.75) is 66.3 Å². The summed E-state index contributed by atoms with van der Waals surface area (Å²) in [5, 5.41) is 3.78. The Morgan fingerprint density at radius 3 is 2.24 bits per heavy atom. The van der Waals surface area contributed by atoms with E-state index in [2.05, 4.69) is 51.7 Å². The van der Waals surface area contributed by atoms with E-state index < -0.39 is 0 Å². The van der Waals surface area contributed by atoms with Crippen molar-refractivity contribution >= 4 is 11.8 Å². The summed E-state index contributed by atoms with van der Waals surface area (Å²) in [7, 11) is 0. The number of thioether (sulfide) groups is 1. The summed E-state index contributed by atoms with van der Waals surface area (Å²) in [6, 6.07) is 0.736. The van der Waals surface area contributed by atoms with Crippen LogP contribution in [0.1, 0.15) is 60.3 Å². The van der Waals surface area contributed by atoms with Crippen molar-refractivity contribution < 1.29 is 0 Å². The largest absolute Gasteiger partial charge is 0.314 e. The third kappa shape index (κ3) is 6.15. The highest BCUT2D eigenvalue weighted by Gasteiger charge is 2.37. The van der Waals surface area contributed by atoms with Crippen LogP contribution in [0.4, 0.5) is 0 Å². The van der Waals surface area contributed by atoms with E-state index in [1.807, 2.05) is 0 Å². The topological polar surface area (TPSA) is 12.0 Å². The highest BCUT2D eigenvalue weighted by molar-refractivity contribution is 7.99. The molecule has 1 rings (SSSR count). The van der Waals surface area contributed by atoms with Crippen molar-refractivity contribution in [3.8, 4) is 0 Å². The van der Waals surface area contributed by atoms with Crippen LogP contribution in [-0.2, 0) is 0 Å². The molecular formula is C15H31NS. The number of nitrogens with one attached hydrogen (secondary N) is 1. The highest BCUT2D eigenvalue weighted by atomic mass is 32.2. The molecule has 0 bridgehead atoms. The lowest BCUT2D eigenvalue weighted by molar-refractivity contribution is 0.0853. The van der Waals surface area contributed by atoms with Gasteiger partial charge in [0.05, 0.1) is 0 Å². The Morgan fingerprint density at radius 1 is 1.12 bits per heavy atom. The van der Waals surface area contributed by atoms with Crippen LogP contribution in [0.25, 0.3) is 0 Å². The first-order chi connectivity index (χ1) is 7.85. The molecule has 0 saturated heterocycles. The Labute approximate surface area is 113 Å². The van der Waals surface area contributed by atoms with Crippen LogP contribution < -0.4 is 5.32 Å². The zero-order chi connectivity index (χ0) is 12.9. The average Bonchev–Trinajstić information content (AvgIpc) is 2.12. The molecule has 1 saturated carbocycles. The van der Waals surface area contributed by atoms with Gasteiger partial charge in [-0.15, -0.1) is 0 Å². The van der Waals surface area contributed by atoms with Crippen LogP contribution in [-0.4, -0.2) is 24.1 Å². The van der Waals surface area contributed by atoms with Gasteiger partial charge < -0.3 is 5.32 Å². The molecule has 0 aliphatic heterocycles. The molecule has 1 nitrogen and oxygen atoms in total. The standard InChI is InChI=1S/C15H31NS/c1-6-17-9-7-8-16-13-10-14(2,3)12-15(4,5)11-13/h13,16H,6-12H2,1-5H3. The fraction of sp³-hybridized carbons (Fsp3) is 1.00. The molecule has 0 unspecified atom stereocenters. The van der Waals surface area contributed by atoms with Crippen LogP contribution >= 0.6 is 11.8 Å². The first-order valence-corrected chi connectivity index (χ1v) is 8.31. The summed E-state index contributed by atoms with van der Waals surface area (Å²) in [6.45, 7) is 13.1. The Morgan fingerprint density at radius 2 is 1.71 bits per heavy atom. The average molecular weight is 257 g/mol. The van der Waals surface area contributed by atoms with Crippen molar-refractivity contribution in [3.05, 3.63) is 0 Å². The van der Waals surface area contributed by atoms with E-state index in [1.165, 1.54) is 43.7 Å². The molecule has 1 aliphatic rings. The summed E-state index contributed by atoms with van der Waals surface area (Å²) < 4.78 is 0. The lowest BCUT2D eigenvalue weighted by Gasteiger charge is -2.45. The van der Waals surface area contributed by atoms with Gasteiger partial charge in [-0.25, -0.2) is 0 Å². The minimum Gasteiger partial charge on any atom is -0.314 e. The second kappa shape index (κ2) is 6.47. The molecule has 0 radical (unpaired) electrons. The van der Waals surface area contributed by atoms with Crippen molar-refractivity contribution in [1.29, 1.82) is 0 Å². The molecule has 1 fully saturated rings. The van der Waals surface area contributed by atoms with Gasteiger partial charge in [0, 0.05) is 6.04 Å². The number of hydrogen-bond acceptors (Lipinski definition) is 2. The van der Waals surface area contributed by atoms with Crippen LogP contribution in [0.3, 0.4) is 0 Å². The fourth-order valence-electron chi connectivity index (χ4n) is 3.62. The zero-order valence-electron chi connectivity index (χ0n) is 12.4. The van der Waals surface area contributed by atoms with Gasteiger partial charge in [0.15, 0.2) is 0 Å². The van der Waals surface area contributed by atoms with E-state index in [-0.39, 0.29) is 0 Å². The summed E-state index contributed by atoms with van der Waals surface area (Å²) in [4.78, 5) is 0. The molecule has 0 spiro atoms. The fourth-order valence-corrected chi connectivity index (χ4v) is 4.25. The maximum Gasteiger partial charge on any atom is 0.00772 e. The predicted molar refractivity (Wildman–Crippen MR) is 80.8 cm³/mol. The minimum atomic E-state index is 0.511. The van der Waals surface area contributed by atoms with Crippen molar-refractivity contribution in [1.82, 2.24) is 5.32 Å². The van der Waals surface area contributed by atoms with Gasteiger partial charge in [-0.1, -0.05) is 34.6 Å². The number of rotatable bonds is 6. The van der Waals surface area contributed by atoms with Gasteiger partial charge in [0.25, 0.3) is 0 Å². The third-order valence-corrected chi connectivity index (χ3v) is 4.64. The predicted octanol–water partition coefficient (Wildman–Crippen LogP) is 4.32. The molecule has 0 amide bonds. The first kappa shape index (κ1) is 15.4. The molecule has 17 heavy (non-hydrogen) atoms. The summed E-state index contributed by atoms with van der Waals surface area (Å²) in [6.07, 6.45) is 5.37. The van der Waals surface area contributed by atoms with E-state index in [9.17, 15) is 0 Å². The van der Waals surface area contributed by atoms with Crippen molar-refractivity contribution in [2.75, 3.05) is 18.1 Å². The van der Waals surface area contributed by atoms with Crippen LogP contribution in [0.15, 0.2) is 0 Å². The molecule has 102 valence electrons.